The lowest BCUT2D eigenvalue weighted by Gasteiger charge is -2.26. The van der Waals surface area contributed by atoms with Crippen LogP contribution in [0.15, 0.2) is 0 Å². The van der Waals surface area contributed by atoms with E-state index in [-0.39, 0.29) is 12.0 Å². The highest BCUT2D eigenvalue weighted by Gasteiger charge is 2.23. The molecular weight excluding hydrogens is 202 g/mol. The van der Waals surface area contributed by atoms with Crippen LogP contribution in [0.25, 0.3) is 0 Å². The topological polar surface area (TPSA) is 47.6 Å². The summed E-state index contributed by atoms with van der Waals surface area (Å²) in [6.45, 7) is 4.38. The number of likely N-dealkylation sites (N-methyl/N-ethyl adjacent to an activating group) is 1. The van der Waals surface area contributed by atoms with Crippen molar-refractivity contribution in [1.29, 1.82) is 0 Å². The maximum absolute atomic E-state index is 11.3. The fourth-order valence-electron chi connectivity index (χ4n) is 1.14. The summed E-state index contributed by atoms with van der Waals surface area (Å²) in [5.74, 6) is 0.578. The van der Waals surface area contributed by atoms with Gasteiger partial charge in [-0.05, 0) is 6.54 Å². The molecule has 0 spiro atoms. The Bertz CT molecular complexity index is 185. The second-order valence-corrected chi connectivity index (χ2v) is 4.46. The van der Waals surface area contributed by atoms with Gasteiger partial charge in [-0.2, -0.15) is 11.8 Å². The van der Waals surface area contributed by atoms with Crippen molar-refractivity contribution in [3.8, 4) is 0 Å². The third-order valence-corrected chi connectivity index (χ3v) is 3.31. The van der Waals surface area contributed by atoms with E-state index >= 15 is 0 Å². The van der Waals surface area contributed by atoms with Crippen LogP contribution in [0.5, 0.6) is 0 Å². The van der Waals surface area contributed by atoms with Crippen LogP contribution in [-0.4, -0.2) is 49.9 Å². The van der Waals surface area contributed by atoms with Crippen molar-refractivity contribution in [1.82, 2.24) is 5.32 Å². The maximum atomic E-state index is 11.3. The molecular formula is C9H17NO3S. The summed E-state index contributed by atoms with van der Waals surface area (Å²) >= 11 is 1.77. The molecule has 0 aromatic rings. The van der Waals surface area contributed by atoms with Gasteiger partial charge >= 0.3 is 5.97 Å². The number of methoxy groups -OCH3 is 1. The average molecular weight is 219 g/mol. The van der Waals surface area contributed by atoms with E-state index in [9.17, 15) is 4.79 Å². The molecule has 82 valence electrons. The van der Waals surface area contributed by atoms with Crippen molar-refractivity contribution < 1.29 is 14.3 Å². The van der Waals surface area contributed by atoms with Crippen molar-refractivity contribution in [2.75, 3.05) is 32.6 Å². The number of nitrogens with one attached hydrogen (secondary N) is 1. The van der Waals surface area contributed by atoms with E-state index in [0.717, 1.165) is 25.5 Å². The SMILES string of the molecule is CCNC(CSC1COC1)C(=O)OC. The Labute approximate surface area is 88.7 Å². The Balaban J connectivity index is 2.22. The molecule has 1 atom stereocenters. The lowest BCUT2D eigenvalue weighted by Crippen LogP contribution is -2.41. The molecule has 0 aliphatic carbocycles. The molecule has 5 heteroatoms. The van der Waals surface area contributed by atoms with Crippen molar-refractivity contribution in [2.45, 2.75) is 18.2 Å². The van der Waals surface area contributed by atoms with Gasteiger partial charge in [0.1, 0.15) is 6.04 Å². The van der Waals surface area contributed by atoms with Gasteiger partial charge in [0.2, 0.25) is 0 Å². The fraction of sp³-hybridized carbons (Fsp3) is 0.889. The zero-order valence-corrected chi connectivity index (χ0v) is 9.43. The van der Waals surface area contributed by atoms with Crippen molar-refractivity contribution in [3.05, 3.63) is 0 Å². The van der Waals surface area contributed by atoms with Gasteiger partial charge in [-0.15, -0.1) is 0 Å². The quantitative estimate of drug-likeness (QED) is 0.650. The minimum atomic E-state index is -0.185. The minimum Gasteiger partial charge on any atom is -0.468 e. The molecule has 1 aliphatic rings. The number of hydrogen-bond acceptors (Lipinski definition) is 5. The molecule has 1 rings (SSSR count). The molecule has 0 bridgehead atoms. The Kier molecular flexibility index (Phi) is 5.29. The van der Waals surface area contributed by atoms with E-state index in [1.807, 2.05) is 6.92 Å². The van der Waals surface area contributed by atoms with Gasteiger partial charge in [0, 0.05) is 5.75 Å². The molecule has 1 aliphatic heterocycles. The number of esters is 1. The van der Waals surface area contributed by atoms with E-state index in [0.29, 0.717) is 5.25 Å². The molecule has 1 fully saturated rings. The number of carbonyl (C=O) groups excluding carboxylic acids is 1. The lowest BCUT2D eigenvalue weighted by molar-refractivity contribution is -0.142. The van der Waals surface area contributed by atoms with Crippen LogP contribution >= 0.6 is 11.8 Å². The predicted octanol–water partition coefficient (Wildman–Crippen LogP) is 0.269. The number of hydrogen-bond donors (Lipinski definition) is 1. The van der Waals surface area contributed by atoms with Crippen LogP contribution in [0, 0.1) is 0 Å². The van der Waals surface area contributed by atoms with E-state index in [1.165, 1.54) is 7.11 Å². The van der Waals surface area contributed by atoms with Gasteiger partial charge in [0.15, 0.2) is 0 Å². The average Bonchev–Trinajstić information content (AvgIpc) is 2.13. The summed E-state index contributed by atoms with van der Waals surface area (Å²) in [4.78, 5) is 11.3. The molecule has 0 saturated carbocycles. The van der Waals surface area contributed by atoms with E-state index < -0.39 is 0 Å². The highest BCUT2D eigenvalue weighted by molar-refractivity contribution is 8.00. The second kappa shape index (κ2) is 6.27. The second-order valence-electron chi connectivity index (χ2n) is 3.13. The summed E-state index contributed by atoms with van der Waals surface area (Å²) < 4.78 is 9.76. The zero-order valence-electron chi connectivity index (χ0n) is 8.62. The number of carbonyl (C=O) groups is 1. The largest absolute Gasteiger partial charge is 0.468 e. The number of rotatable bonds is 6. The van der Waals surface area contributed by atoms with Crippen LogP contribution < -0.4 is 5.32 Å². The van der Waals surface area contributed by atoms with Crippen molar-refractivity contribution >= 4 is 17.7 Å². The summed E-state index contributed by atoms with van der Waals surface area (Å²) in [6, 6.07) is -0.185. The summed E-state index contributed by atoms with van der Waals surface area (Å²) in [5.41, 5.74) is 0. The van der Waals surface area contributed by atoms with Crippen molar-refractivity contribution in [2.24, 2.45) is 0 Å². The first-order valence-corrected chi connectivity index (χ1v) is 5.83. The van der Waals surface area contributed by atoms with Crippen LogP contribution in [0.1, 0.15) is 6.92 Å². The van der Waals surface area contributed by atoms with E-state index in [1.54, 1.807) is 11.8 Å². The number of thioether (sulfide) groups is 1. The van der Waals surface area contributed by atoms with Crippen LogP contribution in [0.2, 0.25) is 0 Å². The minimum absolute atomic E-state index is 0.181. The molecule has 0 aromatic carbocycles. The first-order chi connectivity index (χ1) is 6.77. The molecule has 4 nitrogen and oxygen atoms in total. The van der Waals surface area contributed by atoms with E-state index in [4.69, 9.17) is 9.47 Å². The zero-order chi connectivity index (χ0) is 10.4. The molecule has 0 aromatic heterocycles. The van der Waals surface area contributed by atoms with Crippen LogP contribution in [0.4, 0.5) is 0 Å². The third-order valence-electron chi connectivity index (χ3n) is 2.04. The van der Waals surface area contributed by atoms with Gasteiger partial charge < -0.3 is 14.8 Å². The first-order valence-electron chi connectivity index (χ1n) is 4.78. The highest BCUT2D eigenvalue weighted by Crippen LogP contribution is 2.19. The molecule has 1 unspecified atom stereocenters. The monoisotopic (exact) mass is 219 g/mol. The third kappa shape index (κ3) is 3.48. The molecule has 1 N–H and O–H groups in total. The predicted molar refractivity (Wildman–Crippen MR) is 56.5 cm³/mol. The number of ether oxygens (including phenoxy) is 2. The summed E-state index contributed by atoms with van der Waals surface area (Å²) in [5, 5.41) is 3.66. The van der Waals surface area contributed by atoms with Gasteiger partial charge in [-0.25, -0.2) is 0 Å². The molecule has 14 heavy (non-hydrogen) atoms. The normalized spacial score (nSPS) is 18.7. The Hall–Kier alpha value is -0.260. The summed E-state index contributed by atoms with van der Waals surface area (Å²) in [6.07, 6.45) is 0. The molecule has 1 saturated heterocycles. The summed E-state index contributed by atoms with van der Waals surface area (Å²) in [7, 11) is 1.42. The van der Waals surface area contributed by atoms with Gasteiger partial charge in [-0.3, -0.25) is 4.79 Å². The highest BCUT2D eigenvalue weighted by atomic mass is 32.2. The standard InChI is InChI=1S/C9H17NO3S/c1-3-10-8(9(11)12-2)6-14-7-4-13-5-7/h7-8,10H,3-6H2,1-2H3. The van der Waals surface area contributed by atoms with Gasteiger partial charge in [-0.1, -0.05) is 6.92 Å². The van der Waals surface area contributed by atoms with Gasteiger partial charge in [0.05, 0.1) is 25.6 Å². The lowest BCUT2D eigenvalue weighted by atomic mass is 10.3. The first kappa shape index (κ1) is 11.8. The Morgan fingerprint density at radius 3 is 2.86 bits per heavy atom. The molecule has 0 radical (unpaired) electrons. The van der Waals surface area contributed by atoms with Crippen LogP contribution in [-0.2, 0) is 14.3 Å². The Morgan fingerprint density at radius 1 is 1.71 bits per heavy atom. The smallest absolute Gasteiger partial charge is 0.323 e. The Morgan fingerprint density at radius 2 is 2.43 bits per heavy atom. The van der Waals surface area contributed by atoms with Crippen LogP contribution in [0.3, 0.4) is 0 Å². The van der Waals surface area contributed by atoms with Gasteiger partial charge in [0.25, 0.3) is 0 Å². The molecule has 1 heterocycles. The van der Waals surface area contributed by atoms with E-state index in [2.05, 4.69) is 5.32 Å². The molecule has 0 amide bonds. The van der Waals surface area contributed by atoms with Crippen molar-refractivity contribution in [3.63, 3.8) is 0 Å². The fourth-order valence-corrected chi connectivity index (χ4v) is 2.25. The maximum Gasteiger partial charge on any atom is 0.323 e.